The van der Waals surface area contributed by atoms with Crippen LogP contribution in [0.15, 0.2) is 12.1 Å². The van der Waals surface area contributed by atoms with Gasteiger partial charge in [-0.05, 0) is 34.7 Å². The molecule has 0 aliphatic carbocycles. The van der Waals surface area contributed by atoms with Crippen LogP contribution >= 0.6 is 33.9 Å². The van der Waals surface area contributed by atoms with E-state index in [1.807, 2.05) is 22.6 Å². The van der Waals surface area contributed by atoms with Crippen LogP contribution in [0.1, 0.15) is 9.67 Å². The molecule has 0 saturated heterocycles. The predicted octanol–water partition coefficient (Wildman–Crippen LogP) is 1.62. The maximum absolute atomic E-state index is 10.8. The second kappa shape index (κ2) is 3.31. The number of ketones is 1. The van der Waals surface area contributed by atoms with Crippen LogP contribution in [0.3, 0.4) is 0 Å². The fourth-order valence-electron chi connectivity index (χ4n) is 0.542. The molecule has 0 spiro atoms. The predicted molar refractivity (Wildman–Crippen MR) is 49.0 cm³/mol. The summed E-state index contributed by atoms with van der Waals surface area (Å²) >= 11 is 3.21. The lowest BCUT2D eigenvalue weighted by molar-refractivity contribution is -0.131. The van der Waals surface area contributed by atoms with E-state index in [1.165, 1.54) is 17.4 Å². The fourth-order valence-corrected chi connectivity index (χ4v) is 2.10. The van der Waals surface area contributed by atoms with Gasteiger partial charge in [0.2, 0.25) is 0 Å². The van der Waals surface area contributed by atoms with Gasteiger partial charge < -0.3 is 5.11 Å². The first-order chi connectivity index (χ1) is 5.11. The molecule has 0 unspecified atom stereocenters. The highest BCUT2D eigenvalue weighted by molar-refractivity contribution is 14.1. The van der Waals surface area contributed by atoms with Gasteiger partial charge in [0.15, 0.2) is 0 Å². The molecule has 0 aliphatic rings. The van der Waals surface area contributed by atoms with E-state index in [9.17, 15) is 9.59 Å². The van der Waals surface area contributed by atoms with E-state index < -0.39 is 11.8 Å². The van der Waals surface area contributed by atoms with Crippen molar-refractivity contribution in [2.75, 3.05) is 0 Å². The number of carboxylic acids is 1. The molecule has 0 amide bonds. The molecule has 0 radical (unpaired) electrons. The number of carbonyl (C=O) groups is 2. The van der Waals surface area contributed by atoms with E-state index in [0.29, 0.717) is 0 Å². The van der Waals surface area contributed by atoms with Crippen molar-refractivity contribution < 1.29 is 14.7 Å². The molecule has 0 atom stereocenters. The van der Waals surface area contributed by atoms with E-state index in [-0.39, 0.29) is 4.88 Å². The smallest absolute Gasteiger partial charge is 0.378 e. The van der Waals surface area contributed by atoms with Gasteiger partial charge >= 0.3 is 5.97 Å². The summed E-state index contributed by atoms with van der Waals surface area (Å²) in [5.41, 5.74) is 0. The van der Waals surface area contributed by atoms with Crippen LogP contribution in [-0.4, -0.2) is 16.9 Å². The summed E-state index contributed by atoms with van der Waals surface area (Å²) in [5.74, 6) is -2.24. The molecule has 0 bridgehead atoms. The largest absolute Gasteiger partial charge is 0.475 e. The van der Waals surface area contributed by atoms with Crippen LogP contribution in [-0.2, 0) is 4.79 Å². The first kappa shape index (κ1) is 8.66. The standard InChI is InChI=1S/C6H3IO3S/c7-4-2-1-3(11-4)5(8)6(9)10/h1-2H,(H,9,10). The number of aliphatic carboxylic acids is 1. The topological polar surface area (TPSA) is 54.4 Å². The van der Waals surface area contributed by atoms with Crippen LogP contribution < -0.4 is 0 Å². The van der Waals surface area contributed by atoms with Crippen LogP contribution in [0, 0.1) is 2.88 Å². The molecule has 3 nitrogen and oxygen atoms in total. The van der Waals surface area contributed by atoms with E-state index in [0.717, 1.165) is 2.88 Å². The Morgan fingerprint density at radius 2 is 2.09 bits per heavy atom. The van der Waals surface area contributed by atoms with Gasteiger partial charge in [-0.2, -0.15) is 0 Å². The van der Waals surface area contributed by atoms with Gasteiger partial charge in [-0.25, -0.2) is 4.79 Å². The van der Waals surface area contributed by atoms with Crippen LogP contribution in [0.2, 0.25) is 0 Å². The molecule has 58 valence electrons. The number of hydrogen-bond acceptors (Lipinski definition) is 3. The number of carboxylic acid groups (broad SMARTS) is 1. The van der Waals surface area contributed by atoms with Crippen molar-refractivity contribution >= 4 is 45.7 Å². The Kier molecular flexibility index (Phi) is 2.61. The first-order valence-corrected chi connectivity index (χ1v) is 4.54. The second-order valence-electron chi connectivity index (χ2n) is 1.74. The highest BCUT2D eigenvalue weighted by atomic mass is 127. The minimum atomic E-state index is -1.40. The Labute approximate surface area is 80.2 Å². The average Bonchev–Trinajstić information content (AvgIpc) is 2.34. The minimum absolute atomic E-state index is 0.280. The van der Waals surface area contributed by atoms with Crippen LogP contribution in [0.5, 0.6) is 0 Å². The fraction of sp³-hybridized carbons (Fsp3) is 0. The minimum Gasteiger partial charge on any atom is -0.475 e. The number of carbonyl (C=O) groups excluding carboxylic acids is 1. The molecule has 1 rings (SSSR count). The quantitative estimate of drug-likeness (QED) is 0.509. The summed E-state index contributed by atoms with van der Waals surface area (Å²) in [6.07, 6.45) is 0. The summed E-state index contributed by atoms with van der Waals surface area (Å²) in [7, 11) is 0. The second-order valence-corrected chi connectivity index (χ2v) is 4.72. The van der Waals surface area contributed by atoms with Crippen molar-refractivity contribution in [1.82, 2.24) is 0 Å². The Morgan fingerprint density at radius 1 is 1.45 bits per heavy atom. The van der Waals surface area contributed by atoms with Crippen molar-refractivity contribution in [3.8, 4) is 0 Å². The highest BCUT2D eigenvalue weighted by Gasteiger charge is 2.15. The van der Waals surface area contributed by atoms with Crippen molar-refractivity contribution in [3.63, 3.8) is 0 Å². The number of Topliss-reactive ketones (excluding diaryl/α,β-unsaturated/α-hetero) is 1. The third-order valence-electron chi connectivity index (χ3n) is 0.991. The molecule has 0 fully saturated rings. The van der Waals surface area contributed by atoms with E-state index in [2.05, 4.69) is 0 Å². The van der Waals surface area contributed by atoms with Gasteiger partial charge in [0.1, 0.15) is 0 Å². The summed E-state index contributed by atoms with van der Waals surface area (Å²) in [6, 6.07) is 3.23. The first-order valence-electron chi connectivity index (χ1n) is 2.64. The van der Waals surface area contributed by atoms with Gasteiger partial charge in [0, 0.05) is 0 Å². The van der Waals surface area contributed by atoms with E-state index in [4.69, 9.17) is 5.11 Å². The zero-order valence-corrected chi connectivity index (χ0v) is 8.18. The third-order valence-corrected chi connectivity index (χ3v) is 2.88. The van der Waals surface area contributed by atoms with E-state index >= 15 is 0 Å². The van der Waals surface area contributed by atoms with Gasteiger partial charge in [0.05, 0.1) is 7.76 Å². The number of hydrogen-bond donors (Lipinski definition) is 1. The summed E-state index contributed by atoms with van der Waals surface area (Å²) in [4.78, 5) is 21.2. The molecule has 5 heteroatoms. The molecular weight excluding hydrogens is 279 g/mol. The molecule has 1 aromatic rings. The summed E-state index contributed by atoms with van der Waals surface area (Å²) in [6.45, 7) is 0. The van der Waals surface area contributed by atoms with Gasteiger partial charge in [0.25, 0.3) is 5.78 Å². The third kappa shape index (κ3) is 2.00. The Bertz CT molecular complexity index is 305. The lowest BCUT2D eigenvalue weighted by Crippen LogP contribution is -2.10. The molecule has 1 heterocycles. The highest BCUT2D eigenvalue weighted by Crippen LogP contribution is 2.18. The maximum Gasteiger partial charge on any atom is 0.378 e. The number of thiophene rings is 1. The van der Waals surface area contributed by atoms with Crippen molar-refractivity contribution in [3.05, 3.63) is 19.9 Å². The zero-order valence-electron chi connectivity index (χ0n) is 5.20. The van der Waals surface area contributed by atoms with Crippen molar-refractivity contribution in [2.24, 2.45) is 0 Å². The Balaban J connectivity index is 2.94. The summed E-state index contributed by atoms with van der Waals surface area (Å²) in [5, 5.41) is 8.30. The maximum atomic E-state index is 10.8. The monoisotopic (exact) mass is 282 g/mol. The number of rotatable bonds is 2. The molecular formula is C6H3IO3S. The zero-order chi connectivity index (χ0) is 8.43. The summed E-state index contributed by atoms with van der Waals surface area (Å²) < 4.78 is 0.909. The van der Waals surface area contributed by atoms with E-state index in [1.54, 1.807) is 6.07 Å². The molecule has 0 aromatic carbocycles. The van der Waals surface area contributed by atoms with Gasteiger partial charge in [-0.1, -0.05) is 0 Å². The lowest BCUT2D eigenvalue weighted by Gasteiger charge is -1.85. The van der Waals surface area contributed by atoms with Crippen LogP contribution in [0.25, 0.3) is 0 Å². The van der Waals surface area contributed by atoms with Gasteiger partial charge in [-0.3, -0.25) is 4.79 Å². The normalized spacial score (nSPS) is 9.55. The molecule has 1 aromatic heterocycles. The van der Waals surface area contributed by atoms with Gasteiger partial charge in [-0.15, -0.1) is 11.3 Å². The van der Waals surface area contributed by atoms with Crippen molar-refractivity contribution in [2.45, 2.75) is 0 Å². The lowest BCUT2D eigenvalue weighted by atomic mass is 10.3. The van der Waals surface area contributed by atoms with Crippen molar-refractivity contribution in [1.29, 1.82) is 0 Å². The number of halogens is 1. The SMILES string of the molecule is O=C(O)C(=O)c1ccc(I)s1. The molecule has 1 N–H and O–H groups in total. The Hall–Kier alpha value is -0.430. The molecule has 0 aliphatic heterocycles. The average molecular weight is 282 g/mol. The Morgan fingerprint density at radius 3 is 2.45 bits per heavy atom. The van der Waals surface area contributed by atoms with Crippen LogP contribution in [0.4, 0.5) is 0 Å². The molecule has 11 heavy (non-hydrogen) atoms. The molecule has 0 saturated carbocycles.